The van der Waals surface area contributed by atoms with Gasteiger partial charge in [0.05, 0.1) is 5.69 Å². The van der Waals surface area contributed by atoms with Gasteiger partial charge in [-0.1, -0.05) is 12.1 Å². The van der Waals surface area contributed by atoms with E-state index >= 15 is 0 Å². The van der Waals surface area contributed by atoms with Crippen LogP contribution in [-0.2, 0) is 12.8 Å². The highest BCUT2D eigenvalue weighted by molar-refractivity contribution is 5.93. The quantitative estimate of drug-likeness (QED) is 0.943. The fourth-order valence-corrected chi connectivity index (χ4v) is 3.81. The normalized spacial score (nSPS) is 19.5. The van der Waals surface area contributed by atoms with Gasteiger partial charge in [0.1, 0.15) is 0 Å². The molecular weight excluding hydrogens is 300 g/mol. The van der Waals surface area contributed by atoms with Gasteiger partial charge in [-0.2, -0.15) is 0 Å². The number of hydrogen-bond donors (Lipinski definition) is 1. The lowest BCUT2D eigenvalue weighted by Crippen LogP contribution is -2.28. The molecule has 1 saturated heterocycles. The number of amides is 1. The van der Waals surface area contributed by atoms with Crippen molar-refractivity contribution in [2.75, 3.05) is 11.4 Å². The van der Waals surface area contributed by atoms with Crippen LogP contribution in [0.2, 0.25) is 0 Å². The van der Waals surface area contributed by atoms with Crippen LogP contribution >= 0.6 is 0 Å². The molecule has 0 spiro atoms. The van der Waals surface area contributed by atoms with Gasteiger partial charge >= 0.3 is 0 Å². The van der Waals surface area contributed by atoms with Crippen LogP contribution in [0.1, 0.15) is 47.8 Å². The first-order chi connectivity index (χ1) is 11.6. The molecule has 1 atom stereocenters. The second-order valence-corrected chi connectivity index (χ2v) is 6.78. The third kappa shape index (κ3) is 2.54. The monoisotopic (exact) mass is 322 g/mol. The summed E-state index contributed by atoms with van der Waals surface area (Å²) in [5.74, 6) is 0.454. The summed E-state index contributed by atoms with van der Waals surface area (Å²) in [6.45, 7) is 3.27. The lowest BCUT2D eigenvalue weighted by atomic mass is 10.0. The Morgan fingerprint density at radius 1 is 1.17 bits per heavy atom. The lowest BCUT2D eigenvalue weighted by molar-refractivity contribution is 0.100. The van der Waals surface area contributed by atoms with Crippen LogP contribution < -0.4 is 10.6 Å². The van der Waals surface area contributed by atoms with E-state index in [-0.39, 0.29) is 0 Å². The van der Waals surface area contributed by atoms with Crippen molar-refractivity contribution < 1.29 is 4.79 Å². The van der Waals surface area contributed by atoms with Crippen LogP contribution in [0.25, 0.3) is 11.3 Å². The van der Waals surface area contributed by atoms with E-state index in [1.807, 2.05) is 12.1 Å². The Bertz CT molecular complexity index is 785. The Morgan fingerprint density at radius 3 is 2.62 bits per heavy atom. The predicted octanol–water partition coefficient (Wildman–Crippen LogP) is 2.72. The van der Waals surface area contributed by atoms with Crippen molar-refractivity contribution in [3.05, 3.63) is 41.1 Å². The largest absolute Gasteiger partial charge is 0.366 e. The molecule has 1 aliphatic heterocycles. The van der Waals surface area contributed by atoms with Crippen LogP contribution in [0.15, 0.2) is 24.3 Å². The van der Waals surface area contributed by atoms with Gasteiger partial charge in [-0.3, -0.25) is 4.79 Å². The molecule has 124 valence electrons. The highest BCUT2D eigenvalue weighted by Crippen LogP contribution is 2.33. The van der Waals surface area contributed by atoms with E-state index in [1.165, 1.54) is 24.1 Å². The molecule has 1 aromatic heterocycles. The Morgan fingerprint density at radius 2 is 1.96 bits per heavy atom. The van der Waals surface area contributed by atoms with Gasteiger partial charge in [0.15, 0.2) is 0 Å². The molecule has 5 heteroatoms. The van der Waals surface area contributed by atoms with Gasteiger partial charge in [0, 0.05) is 35.0 Å². The maximum Gasteiger partial charge on any atom is 0.248 e. The fraction of sp³-hybridized carbons (Fsp3) is 0.421. The number of fused-ring (bicyclic) bond motifs is 1. The van der Waals surface area contributed by atoms with Gasteiger partial charge < -0.3 is 10.6 Å². The molecule has 4 rings (SSSR count). The maximum absolute atomic E-state index is 11.3. The molecule has 2 heterocycles. The number of primary amides is 1. The zero-order valence-corrected chi connectivity index (χ0v) is 14.0. The molecule has 1 aromatic carbocycles. The van der Waals surface area contributed by atoms with Crippen molar-refractivity contribution >= 4 is 11.9 Å². The zero-order chi connectivity index (χ0) is 16.7. The summed E-state index contributed by atoms with van der Waals surface area (Å²) in [4.78, 5) is 23.4. The van der Waals surface area contributed by atoms with Crippen molar-refractivity contribution in [2.45, 2.75) is 45.1 Å². The average Bonchev–Trinajstić information content (AvgIpc) is 3.22. The first-order valence-electron chi connectivity index (χ1n) is 8.70. The number of aryl methyl sites for hydroxylation is 1. The maximum atomic E-state index is 11.3. The van der Waals surface area contributed by atoms with Gasteiger partial charge in [-0.25, -0.2) is 9.97 Å². The van der Waals surface area contributed by atoms with Crippen LogP contribution in [-0.4, -0.2) is 28.5 Å². The Kier molecular flexibility index (Phi) is 3.71. The van der Waals surface area contributed by atoms with Crippen molar-refractivity contribution in [1.29, 1.82) is 0 Å². The van der Waals surface area contributed by atoms with E-state index in [1.54, 1.807) is 12.1 Å². The summed E-state index contributed by atoms with van der Waals surface area (Å²) in [5, 5.41) is 0. The standard InChI is InChI=1S/C19H22N4O/c1-12-4-3-11-23(12)19-21-16-6-2-5-15(16)17(22-19)13-7-9-14(10-8-13)18(20)24/h7-10,12H,2-6,11H2,1H3,(H2,20,24)/t12-/m0/s1. The number of aromatic nitrogens is 2. The smallest absolute Gasteiger partial charge is 0.248 e. The van der Waals surface area contributed by atoms with Crippen molar-refractivity contribution in [1.82, 2.24) is 9.97 Å². The number of rotatable bonds is 3. The molecule has 1 amide bonds. The van der Waals surface area contributed by atoms with E-state index in [0.717, 1.165) is 43.0 Å². The fourth-order valence-electron chi connectivity index (χ4n) is 3.81. The summed E-state index contributed by atoms with van der Waals surface area (Å²) in [6.07, 6.45) is 5.58. The number of hydrogen-bond acceptors (Lipinski definition) is 4. The van der Waals surface area contributed by atoms with Crippen molar-refractivity contribution in [2.24, 2.45) is 5.73 Å². The molecule has 0 bridgehead atoms. The minimum Gasteiger partial charge on any atom is -0.366 e. The van der Waals surface area contributed by atoms with E-state index in [4.69, 9.17) is 15.7 Å². The third-order valence-electron chi connectivity index (χ3n) is 5.17. The van der Waals surface area contributed by atoms with Crippen LogP contribution in [0.3, 0.4) is 0 Å². The number of carbonyl (C=O) groups is 1. The first kappa shape index (κ1) is 15.1. The Labute approximate surface area is 141 Å². The topological polar surface area (TPSA) is 72.1 Å². The molecule has 5 nitrogen and oxygen atoms in total. The van der Waals surface area contributed by atoms with E-state index in [0.29, 0.717) is 11.6 Å². The van der Waals surface area contributed by atoms with Crippen LogP contribution in [0.4, 0.5) is 5.95 Å². The van der Waals surface area contributed by atoms with Gasteiger partial charge in [-0.15, -0.1) is 0 Å². The second-order valence-electron chi connectivity index (χ2n) is 6.78. The number of anilines is 1. The van der Waals surface area contributed by atoms with E-state index in [2.05, 4.69) is 11.8 Å². The number of nitrogens with zero attached hydrogens (tertiary/aromatic N) is 3. The Hall–Kier alpha value is -2.43. The van der Waals surface area contributed by atoms with E-state index in [9.17, 15) is 4.79 Å². The van der Waals surface area contributed by atoms with Crippen molar-refractivity contribution in [3.8, 4) is 11.3 Å². The second kappa shape index (κ2) is 5.89. The number of benzene rings is 1. The molecule has 1 aliphatic carbocycles. The highest BCUT2D eigenvalue weighted by Gasteiger charge is 2.27. The first-order valence-corrected chi connectivity index (χ1v) is 8.70. The summed E-state index contributed by atoms with van der Waals surface area (Å²) < 4.78 is 0. The Balaban J connectivity index is 1.79. The van der Waals surface area contributed by atoms with E-state index < -0.39 is 5.91 Å². The molecule has 0 unspecified atom stereocenters. The lowest BCUT2D eigenvalue weighted by Gasteiger charge is -2.23. The molecule has 1 fully saturated rings. The number of nitrogens with two attached hydrogens (primary N) is 1. The summed E-state index contributed by atoms with van der Waals surface area (Å²) >= 11 is 0. The van der Waals surface area contributed by atoms with Gasteiger partial charge in [-0.05, 0) is 51.2 Å². The van der Waals surface area contributed by atoms with Crippen LogP contribution in [0, 0.1) is 0 Å². The average molecular weight is 322 g/mol. The molecule has 2 aromatic rings. The predicted molar refractivity (Wildman–Crippen MR) is 94.1 cm³/mol. The molecule has 2 N–H and O–H groups in total. The minimum absolute atomic E-state index is 0.402. The minimum atomic E-state index is -0.402. The summed E-state index contributed by atoms with van der Waals surface area (Å²) in [7, 11) is 0. The number of carbonyl (C=O) groups excluding carboxylic acids is 1. The van der Waals surface area contributed by atoms with Gasteiger partial charge in [0.2, 0.25) is 11.9 Å². The van der Waals surface area contributed by atoms with Crippen molar-refractivity contribution in [3.63, 3.8) is 0 Å². The molecule has 0 radical (unpaired) electrons. The SMILES string of the molecule is C[C@H]1CCCN1c1nc2c(c(-c3ccc(C(N)=O)cc3)n1)CCC2. The third-order valence-corrected chi connectivity index (χ3v) is 5.17. The molecular formula is C19H22N4O. The zero-order valence-electron chi connectivity index (χ0n) is 14.0. The van der Waals surface area contributed by atoms with Gasteiger partial charge in [0.25, 0.3) is 0 Å². The van der Waals surface area contributed by atoms with Crippen LogP contribution in [0.5, 0.6) is 0 Å². The summed E-state index contributed by atoms with van der Waals surface area (Å²) in [5.41, 5.74) is 10.4. The molecule has 2 aliphatic rings. The molecule has 0 saturated carbocycles. The molecule has 24 heavy (non-hydrogen) atoms. The summed E-state index contributed by atoms with van der Waals surface area (Å²) in [6, 6.07) is 7.93. The highest BCUT2D eigenvalue weighted by atomic mass is 16.1.